The van der Waals surface area contributed by atoms with Gasteiger partial charge in [-0.3, -0.25) is 9.48 Å². The molecule has 2 aromatic heterocycles. The van der Waals surface area contributed by atoms with Crippen molar-refractivity contribution in [1.29, 1.82) is 0 Å². The zero-order valence-corrected chi connectivity index (χ0v) is 18.0. The summed E-state index contributed by atoms with van der Waals surface area (Å²) in [7, 11) is 1.80. The number of benzene rings is 2. The number of aromatic amines is 1. The van der Waals surface area contributed by atoms with Gasteiger partial charge in [0, 0.05) is 36.9 Å². The smallest absolute Gasteiger partial charge is 0.226 e. The highest BCUT2D eigenvalue weighted by molar-refractivity contribution is 5.92. The summed E-state index contributed by atoms with van der Waals surface area (Å²) in [6.07, 6.45) is 3.49. The van der Waals surface area contributed by atoms with Crippen LogP contribution in [0.25, 0.3) is 22.2 Å². The third-order valence-corrected chi connectivity index (χ3v) is 6.49. The van der Waals surface area contributed by atoms with Gasteiger partial charge in [0.25, 0.3) is 0 Å². The maximum absolute atomic E-state index is 14.5. The molecule has 0 saturated heterocycles. The molecule has 2 aromatic carbocycles. The average molecular weight is 452 g/mol. The summed E-state index contributed by atoms with van der Waals surface area (Å²) >= 11 is 0. The monoisotopic (exact) mass is 452 g/mol. The van der Waals surface area contributed by atoms with E-state index in [0.717, 1.165) is 35.7 Å². The minimum Gasteiger partial charge on any atom is -0.355 e. The summed E-state index contributed by atoms with van der Waals surface area (Å²) in [6.45, 7) is 0.546. The highest BCUT2D eigenvalue weighted by Gasteiger charge is 2.34. The summed E-state index contributed by atoms with van der Waals surface area (Å²) in [5.41, 5.74) is 3.32. The van der Waals surface area contributed by atoms with Gasteiger partial charge in [-0.05, 0) is 72.2 Å². The first-order valence-corrected chi connectivity index (χ1v) is 10.9. The molecule has 1 amide bonds. The summed E-state index contributed by atoms with van der Waals surface area (Å²) in [6, 6.07) is 9.98. The van der Waals surface area contributed by atoms with Crippen LogP contribution in [0.5, 0.6) is 0 Å². The van der Waals surface area contributed by atoms with Gasteiger partial charge >= 0.3 is 0 Å². The Balaban J connectivity index is 1.33. The van der Waals surface area contributed by atoms with Crippen LogP contribution in [-0.2, 0) is 18.3 Å². The molecule has 5 nitrogen and oxygen atoms in total. The number of hydrogen-bond acceptors (Lipinski definition) is 2. The van der Waals surface area contributed by atoms with Crippen LogP contribution in [0.2, 0.25) is 0 Å². The van der Waals surface area contributed by atoms with Crippen LogP contribution in [0.3, 0.4) is 0 Å². The molecule has 8 heteroatoms. The summed E-state index contributed by atoms with van der Waals surface area (Å²) < 4.78 is 43.6. The van der Waals surface area contributed by atoms with Crippen LogP contribution in [0.1, 0.15) is 30.0 Å². The number of aromatic nitrogens is 3. The molecule has 0 unspecified atom stereocenters. The summed E-state index contributed by atoms with van der Waals surface area (Å²) in [5.74, 6) is -1.36. The maximum Gasteiger partial charge on any atom is 0.226 e. The number of nitrogens with zero attached hydrogens (tertiary/aromatic N) is 2. The van der Waals surface area contributed by atoms with Gasteiger partial charge in [0.2, 0.25) is 5.91 Å². The van der Waals surface area contributed by atoms with Gasteiger partial charge in [-0.2, -0.15) is 5.10 Å². The first kappa shape index (κ1) is 21.3. The molecule has 33 heavy (non-hydrogen) atoms. The number of amides is 1. The molecule has 2 heterocycles. The highest BCUT2D eigenvalue weighted by Crippen LogP contribution is 2.48. The SMILES string of the molecule is Cn1nccc1CC(=O)NC[C@H]1C[C@@H](c2c(-c3ccc(F)cc3)[nH]c3c(F)cc(F)cc32)C1. The van der Waals surface area contributed by atoms with Crippen molar-refractivity contribution < 1.29 is 18.0 Å². The van der Waals surface area contributed by atoms with Crippen molar-refractivity contribution in [2.24, 2.45) is 13.0 Å². The minimum atomic E-state index is -0.655. The van der Waals surface area contributed by atoms with Crippen molar-refractivity contribution in [3.63, 3.8) is 0 Å². The number of halogens is 3. The van der Waals surface area contributed by atoms with Crippen LogP contribution in [0, 0.1) is 23.4 Å². The van der Waals surface area contributed by atoms with Crippen LogP contribution in [-0.4, -0.2) is 27.2 Å². The molecule has 1 aliphatic carbocycles. The van der Waals surface area contributed by atoms with Crippen LogP contribution in [0.15, 0.2) is 48.7 Å². The fourth-order valence-electron chi connectivity index (χ4n) is 4.71. The molecule has 0 bridgehead atoms. The predicted molar refractivity (Wildman–Crippen MR) is 119 cm³/mol. The van der Waals surface area contributed by atoms with Gasteiger partial charge in [-0.25, -0.2) is 13.2 Å². The normalized spacial score (nSPS) is 17.8. The number of nitrogens with one attached hydrogen (secondary N) is 2. The maximum atomic E-state index is 14.5. The predicted octanol–water partition coefficient (Wildman–Crippen LogP) is 4.84. The third-order valence-electron chi connectivity index (χ3n) is 6.49. The fraction of sp³-hybridized carbons (Fsp3) is 0.280. The molecular weight excluding hydrogens is 429 g/mol. The van der Waals surface area contributed by atoms with E-state index in [2.05, 4.69) is 15.4 Å². The van der Waals surface area contributed by atoms with Crippen molar-refractivity contribution in [3.8, 4) is 11.3 Å². The minimum absolute atomic E-state index is 0.0645. The first-order valence-electron chi connectivity index (χ1n) is 10.9. The second kappa shape index (κ2) is 8.42. The lowest BCUT2D eigenvalue weighted by atomic mass is 9.70. The van der Waals surface area contributed by atoms with Crippen molar-refractivity contribution in [2.45, 2.75) is 25.2 Å². The number of fused-ring (bicyclic) bond motifs is 1. The van der Waals surface area contributed by atoms with Crippen molar-refractivity contribution in [3.05, 3.63) is 77.4 Å². The Kier molecular flexibility index (Phi) is 5.44. The Bertz CT molecular complexity index is 1320. The first-order chi connectivity index (χ1) is 15.9. The highest BCUT2D eigenvalue weighted by atomic mass is 19.1. The fourth-order valence-corrected chi connectivity index (χ4v) is 4.71. The Morgan fingerprint density at radius 1 is 1.12 bits per heavy atom. The van der Waals surface area contributed by atoms with Gasteiger partial charge in [0.15, 0.2) is 0 Å². The Hall–Kier alpha value is -3.55. The Morgan fingerprint density at radius 3 is 2.58 bits per heavy atom. The topological polar surface area (TPSA) is 62.7 Å². The molecule has 5 rings (SSSR count). The lowest BCUT2D eigenvalue weighted by Gasteiger charge is -2.36. The molecule has 2 N–H and O–H groups in total. The molecule has 0 atom stereocenters. The number of aryl methyl sites for hydroxylation is 1. The number of rotatable bonds is 6. The Morgan fingerprint density at radius 2 is 1.88 bits per heavy atom. The average Bonchev–Trinajstić information content (AvgIpc) is 3.31. The molecule has 170 valence electrons. The van der Waals surface area contributed by atoms with Gasteiger partial charge in [-0.15, -0.1) is 0 Å². The van der Waals surface area contributed by atoms with Crippen LogP contribution >= 0.6 is 0 Å². The largest absolute Gasteiger partial charge is 0.355 e. The third kappa shape index (κ3) is 4.13. The van der Waals surface area contributed by atoms with Crippen molar-refractivity contribution in [2.75, 3.05) is 6.54 Å². The number of hydrogen-bond donors (Lipinski definition) is 2. The molecule has 4 aromatic rings. The van der Waals surface area contributed by atoms with E-state index in [4.69, 9.17) is 0 Å². The molecule has 0 spiro atoms. The van der Waals surface area contributed by atoms with E-state index >= 15 is 0 Å². The van der Waals surface area contributed by atoms with E-state index in [1.165, 1.54) is 18.2 Å². The summed E-state index contributed by atoms with van der Waals surface area (Å²) in [4.78, 5) is 15.4. The lowest BCUT2D eigenvalue weighted by Crippen LogP contribution is -2.36. The molecule has 1 saturated carbocycles. The number of H-pyrrole nitrogens is 1. The number of carbonyl (C=O) groups is 1. The Labute approximate surface area is 188 Å². The molecule has 1 aliphatic rings. The molecule has 0 aliphatic heterocycles. The van der Waals surface area contributed by atoms with E-state index < -0.39 is 11.6 Å². The van der Waals surface area contributed by atoms with Gasteiger partial charge in [0.1, 0.15) is 17.5 Å². The molecular formula is C25H23F3N4O. The quantitative estimate of drug-likeness (QED) is 0.440. The van der Waals surface area contributed by atoms with E-state index in [9.17, 15) is 18.0 Å². The standard InChI is InChI=1S/C25H23F3N4O/c1-32-19(6-7-30-32)12-22(33)29-13-14-8-16(9-14)23-20-10-18(27)11-21(28)25(20)31-24(23)15-2-4-17(26)5-3-15/h2-7,10-11,14,16,31H,8-9,12-13H2,1H3,(H,29,33)/t14-,16+. The second-order valence-corrected chi connectivity index (χ2v) is 8.69. The van der Waals surface area contributed by atoms with Gasteiger partial charge in [-0.1, -0.05) is 0 Å². The van der Waals surface area contributed by atoms with E-state index in [1.54, 1.807) is 30.1 Å². The zero-order valence-electron chi connectivity index (χ0n) is 18.0. The lowest BCUT2D eigenvalue weighted by molar-refractivity contribution is -0.120. The number of carbonyl (C=O) groups excluding carboxylic acids is 1. The van der Waals surface area contributed by atoms with E-state index in [1.807, 2.05) is 6.07 Å². The molecule has 1 fully saturated rings. The second-order valence-electron chi connectivity index (χ2n) is 8.69. The van der Waals surface area contributed by atoms with Crippen LogP contribution in [0.4, 0.5) is 13.2 Å². The molecule has 0 radical (unpaired) electrons. The van der Waals surface area contributed by atoms with Crippen molar-refractivity contribution in [1.82, 2.24) is 20.1 Å². The zero-order chi connectivity index (χ0) is 23.1. The van der Waals surface area contributed by atoms with Gasteiger partial charge in [0.05, 0.1) is 17.6 Å². The van der Waals surface area contributed by atoms with Gasteiger partial charge < -0.3 is 10.3 Å². The summed E-state index contributed by atoms with van der Waals surface area (Å²) in [5, 5.41) is 7.55. The van der Waals surface area contributed by atoms with Crippen LogP contribution < -0.4 is 5.32 Å². The van der Waals surface area contributed by atoms with E-state index in [-0.39, 0.29) is 35.5 Å². The van der Waals surface area contributed by atoms with E-state index in [0.29, 0.717) is 17.6 Å². The van der Waals surface area contributed by atoms with Crippen molar-refractivity contribution >= 4 is 16.8 Å².